The number of nitriles is 1. The fraction of sp³-hybridized carbons (Fsp3) is 0.314. The van der Waals surface area contributed by atoms with Gasteiger partial charge in [-0.15, -0.1) is 0 Å². The van der Waals surface area contributed by atoms with Crippen molar-refractivity contribution in [1.82, 2.24) is 9.47 Å². The summed E-state index contributed by atoms with van der Waals surface area (Å²) in [4.78, 5) is 7.61. The van der Waals surface area contributed by atoms with Gasteiger partial charge in [-0.05, 0) is 46.8 Å². The van der Waals surface area contributed by atoms with Gasteiger partial charge in [-0.3, -0.25) is 0 Å². The fourth-order valence-corrected chi connectivity index (χ4v) is 7.32. The third-order valence-corrected chi connectivity index (χ3v) is 8.42. The molecule has 3 aromatic carbocycles. The van der Waals surface area contributed by atoms with Gasteiger partial charge in [-0.1, -0.05) is 112 Å². The Morgan fingerprint density at radius 1 is 0.872 bits per heavy atom. The lowest BCUT2D eigenvalue weighted by atomic mass is 9.65. The van der Waals surface area contributed by atoms with E-state index in [2.05, 4.69) is 97.0 Å². The molecule has 0 spiro atoms. The van der Waals surface area contributed by atoms with Gasteiger partial charge < -0.3 is 9.47 Å². The van der Waals surface area contributed by atoms with E-state index in [-0.39, 0.29) is 0 Å². The van der Waals surface area contributed by atoms with Gasteiger partial charge in [0.25, 0.3) is 0 Å². The zero-order chi connectivity index (χ0) is 27.0. The van der Waals surface area contributed by atoms with E-state index in [1.54, 1.807) is 0 Å². The summed E-state index contributed by atoms with van der Waals surface area (Å²) in [5.74, 6) is 0.727. The number of aromatic nitrogens is 1. The molecule has 4 aromatic rings. The minimum absolute atomic E-state index is 0.312. The molecule has 2 heterocycles. The first-order valence-corrected chi connectivity index (χ1v) is 14.0. The van der Waals surface area contributed by atoms with Gasteiger partial charge in [0, 0.05) is 24.7 Å². The maximum absolute atomic E-state index is 10.6. The molecule has 6 rings (SSSR count). The maximum atomic E-state index is 10.6. The number of nitrogens with zero attached hydrogens (tertiary/aromatic N) is 4. The number of hydrogen-bond acceptors (Lipinski definition) is 2. The van der Waals surface area contributed by atoms with E-state index in [4.69, 9.17) is 4.99 Å². The molecule has 1 saturated heterocycles. The quantitative estimate of drug-likeness (QED) is 0.193. The summed E-state index contributed by atoms with van der Waals surface area (Å²) in [6, 6.07) is 34.2. The summed E-state index contributed by atoms with van der Waals surface area (Å²) >= 11 is 0. The van der Waals surface area contributed by atoms with Gasteiger partial charge in [0.05, 0.1) is 12.0 Å². The zero-order valence-corrected chi connectivity index (χ0v) is 23.1. The van der Waals surface area contributed by atoms with Crippen molar-refractivity contribution in [1.29, 1.82) is 5.26 Å². The summed E-state index contributed by atoms with van der Waals surface area (Å²) in [5, 5.41) is 10.6. The standard InChI is InChI=1S/C35H36N4/c1-34(2)19-29-20-35(3,23-34)24-38(29)25-37-33-30(21-36)31(27-15-9-5-10-16-27)32(28-17-11-6-12-18-28)39(33)22-26-13-7-4-8-14-26/h4-18,25,29H,19-20,22-24H2,1-3H3/t29-,35+/m0/s1. The zero-order valence-electron chi connectivity index (χ0n) is 23.1. The highest BCUT2D eigenvalue weighted by Crippen LogP contribution is 2.52. The maximum Gasteiger partial charge on any atom is 0.153 e. The SMILES string of the molecule is CC1(C)C[C@H]2C[C@@](C)(CN2C=Nc2c(C#N)c(-c3ccccc3)c(-c3ccccc3)n2Cc2ccccc2)C1. The van der Waals surface area contributed by atoms with E-state index in [0.717, 1.165) is 34.7 Å². The van der Waals surface area contributed by atoms with Crippen molar-refractivity contribution in [3.8, 4) is 28.5 Å². The molecule has 0 N–H and O–H groups in total. The Morgan fingerprint density at radius 3 is 2.13 bits per heavy atom. The lowest BCUT2D eigenvalue weighted by Gasteiger charge is -2.39. The molecule has 1 aliphatic carbocycles. The van der Waals surface area contributed by atoms with Crippen molar-refractivity contribution >= 4 is 12.2 Å². The lowest BCUT2D eigenvalue weighted by molar-refractivity contribution is 0.133. The Hall–Kier alpha value is -4.10. The van der Waals surface area contributed by atoms with Crippen LogP contribution in [0.3, 0.4) is 0 Å². The van der Waals surface area contributed by atoms with Crippen LogP contribution in [0.15, 0.2) is 96.0 Å². The molecule has 2 atom stereocenters. The smallest absolute Gasteiger partial charge is 0.153 e. The number of hydrogen-bond donors (Lipinski definition) is 0. The summed E-state index contributed by atoms with van der Waals surface area (Å²) in [6.45, 7) is 8.87. The minimum Gasteiger partial charge on any atom is -0.359 e. The molecule has 0 radical (unpaired) electrons. The predicted molar refractivity (Wildman–Crippen MR) is 160 cm³/mol. The average Bonchev–Trinajstić information content (AvgIpc) is 3.37. The van der Waals surface area contributed by atoms with Gasteiger partial charge in [-0.2, -0.15) is 5.26 Å². The van der Waals surface area contributed by atoms with Gasteiger partial charge in [-0.25, -0.2) is 4.99 Å². The highest BCUT2D eigenvalue weighted by Gasteiger charge is 2.49. The van der Waals surface area contributed by atoms with Crippen molar-refractivity contribution in [3.05, 3.63) is 102 Å². The topological polar surface area (TPSA) is 44.3 Å². The van der Waals surface area contributed by atoms with Crippen molar-refractivity contribution in [2.75, 3.05) is 6.54 Å². The van der Waals surface area contributed by atoms with Crippen LogP contribution in [0.4, 0.5) is 5.82 Å². The van der Waals surface area contributed by atoms with Gasteiger partial charge in [0.1, 0.15) is 11.6 Å². The van der Waals surface area contributed by atoms with Crippen LogP contribution >= 0.6 is 0 Å². The summed E-state index contributed by atoms with van der Waals surface area (Å²) in [5.41, 5.74) is 6.54. The largest absolute Gasteiger partial charge is 0.359 e. The second kappa shape index (κ2) is 9.89. The average molecular weight is 513 g/mol. The summed E-state index contributed by atoms with van der Waals surface area (Å²) in [7, 11) is 0. The molecule has 0 unspecified atom stereocenters. The second-order valence-electron chi connectivity index (χ2n) is 12.5. The third-order valence-electron chi connectivity index (χ3n) is 8.42. The molecule has 4 nitrogen and oxygen atoms in total. The molecule has 1 aromatic heterocycles. The molecule has 4 heteroatoms. The molecule has 2 aliphatic rings. The van der Waals surface area contributed by atoms with Crippen LogP contribution in [0.2, 0.25) is 0 Å². The molecule has 0 amide bonds. The number of rotatable bonds is 6. The summed E-state index contributed by atoms with van der Waals surface area (Å²) < 4.78 is 2.25. The van der Waals surface area contributed by atoms with Crippen LogP contribution in [0.1, 0.15) is 51.2 Å². The first kappa shape index (κ1) is 25.2. The Kier molecular flexibility index (Phi) is 6.39. The summed E-state index contributed by atoms with van der Waals surface area (Å²) in [6.07, 6.45) is 5.67. The van der Waals surface area contributed by atoms with Crippen LogP contribution in [0.25, 0.3) is 22.4 Å². The van der Waals surface area contributed by atoms with E-state index >= 15 is 0 Å². The Balaban J connectivity index is 1.54. The monoisotopic (exact) mass is 512 g/mol. The van der Waals surface area contributed by atoms with E-state index in [9.17, 15) is 5.26 Å². The number of likely N-dealkylation sites (tertiary alicyclic amines) is 1. The Labute approximate surface area is 232 Å². The van der Waals surface area contributed by atoms with E-state index in [0.29, 0.717) is 29.0 Å². The molecule has 196 valence electrons. The number of fused-ring (bicyclic) bond motifs is 2. The normalized spacial score (nSPS) is 21.8. The number of benzene rings is 3. The van der Waals surface area contributed by atoms with Crippen LogP contribution in [0.5, 0.6) is 0 Å². The minimum atomic E-state index is 0.312. The first-order chi connectivity index (χ1) is 18.9. The van der Waals surface area contributed by atoms with E-state index < -0.39 is 0 Å². The molecule has 1 aliphatic heterocycles. The van der Waals surface area contributed by atoms with Crippen molar-refractivity contribution in [2.45, 2.75) is 52.6 Å². The predicted octanol–water partition coefficient (Wildman–Crippen LogP) is 8.30. The van der Waals surface area contributed by atoms with Gasteiger partial charge >= 0.3 is 0 Å². The van der Waals surface area contributed by atoms with Gasteiger partial charge in [0.15, 0.2) is 5.82 Å². The van der Waals surface area contributed by atoms with E-state index in [1.165, 1.54) is 24.8 Å². The molecule has 2 fully saturated rings. The number of aliphatic imine (C=N–C) groups is 1. The molecular formula is C35H36N4. The fourth-order valence-electron chi connectivity index (χ4n) is 7.32. The third kappa shape index (κ3) is 4.90. The van der Waals surface area contributed by atoms with Gasteiger partial charge in [0.2, 0.25) is 0 Å². The van der Waals surface area contributed by atoms with Crippen molar-refractivity contribution < 1.29 is 0 Å². The molecular weight excluding hydrogens is 476 g/mol. The Morgan fingerprint density at radius 2 is 1.49 bits per heavy atom. The van der Waals surface area contributed by atoms with Crippen LogP contribution < -0.4 is 0 Å². The van der Waals surface area contributed by atoms with Crippen LogP contribution in [-0.4, -0.2) is 28.4 Å². The Bertz CT molecular complexity index is 1530. The first-order valence-electron chi connectivity index (χ1n) is 14.0. The lowest BCUT2D eigenvalue weighted by Crippen LogP contribution is -2.34. The van der Waals surface area contributed by atoms with Crippen LogP contribution in [0, 0.1) is 22.2 Å². The highest BCUT2D eigenvalue weighted by molar-refractivity contribution is 5.91. The van der Waals surface area contributed by atoms with Crippen molar-refractivity contribution in [2.24, 2.45) is 15.8 Å². The van der Waals surface area contributed by atoms with Crippen LogP contribution in [-0.2, 0) is 6.54 Å². The van der Waals surface area contributed by atoms with E-state index in [1.807, 2.05) is 36.7 Å². The van der Waals surface area contributed by atoms with Crippen molar-refractivity contribution in [3.63, 3.8) is 0 Å². The highest BCUT2D eigenvalue weighted by atomic mass is 15.2. The molecule has 1 saturated carbocycles. The molecule has 39 heavy (non-hydrogen) atoms. The molecule has 2 bridgehead atoms. The second-order valence-corrected chi connectivity index (χ2v) is 12.5.